The zero-order valence-electron chi connectivity index (χ0n) is 16.1. The molecule has 0 unspecified atom stereocenters. The maximum absolute atomic E-state index is 12.6. The molecule has 144 valence electrons. The Morgan fingerprint density at radius 3 is 2.57 bits per heavy atom. The molecule has 6 heteroatoms. The normalized spacial score (nSPS) is 14.7. The van der Waals surface area contributed by atoms with Crippen LogP contribution >= 0.6 is 0 Å². The minimum absolute atomic E-state index is 0.0586. The Kier molecular flexibility index (Phi) is 5.37. The first-order valence-electron chi connectivity index (χ1n) is 9.90. The Bertz CT molecular complexity index is 1030. The predicted molar refractivity (Wildman–Crippen MR) is 115 cm³/mol. The molecule has 4 rings (SSSR count). The van der Waals surface area contributed by atoms with Crippen molar-refractivity contribution >= 4 is 28.8 Å². The number of hydrogen-bond donors (Lipinski definition) is 1. The maximum Gasteiger partial charge on any atom is 0.262 e. The van der Waals surface area contributed by atoms with Crippen molar-refractivity contribution in [2.75, 3.05) is 23.4 Å². The number of hydrazone groups is 1. The van der Waals surface area contributed by atoms with Crippen LogP contribution in [0.5, 0.6) is 0 Å². The highest BCUT2D eigenvalue weighted by Crippen LogP contribution is 2.19. The third-order valence-corrected chi connectivity index (χ3v) is 5.17. The smallest absolute Gasteiger partial charge is 0.262 e. The molecular formula is C22H25N5O. The van der Waals surface area contributed by atoms with Crippen molar-refractivity contribution in [1.29, 1.82) is 0 Å². The summed E-state index contributed by atoms with van der Waals surface area (Å²) in [7, 11) is 0. The van der Waals surface area contributed by atoms with Gasteiger partial charge in [0.05, 0.1) is 17.1 Å². The van der Waals surface area contributed by atoms with E-state index in [0.29, 0.717) is 23.4 Å². The zero-order valence-corrected chi connectivity index (χ0v) is 16.1. The summed E-state index contributed by atoms with van der Waals surface area (Å²) in [5, 5.41) is 4.92. The number of nitrogens with zero attached hydrogens (tertiary/aromatic N) is 4. The van der Waals surface area contributed by atoms with E-state index in [4.69, 9.17) is 0 Å². The summed E-state index contributed by atoms with van der Waals surface area (Å²) in [6, 6.07) is 15.8. The standard InChI is InChI=1S/C22H25N5O/c1-2-27-21(28)19-8-4-5-9-20(19)24-22(27)25-23-16-17-10-12-18(13-11-17)26-14-6-3-7-15-26/h4-5,8-13,16H,2-3,6-7,14-15H2,1H3,(H,24,25)/b23-16-. The summed E-state index contributed by atoms with van der Waals surface area (Å²) >= 11 is 0. The van der Waals surface area contributed by atoms with Crippen LogP contribution in [0.2, 0.25) is 0 Å². The van der Waals surface area contributed by atoms with Crippen molar-refractivity contribution < 1.29 is 0 Å². The molecule has 3 aromatic rings. The van der Waals surface area contributed by atoms with Gasteiger partial charge in [-0.15, -0.1) is 0 Å². The van der Waals surface area contributed by atoms with E-state index in [1.165, 1.54) is 24.9 Å². The van der Waals surface area contributed by atoms with Crippen LogP contribution in [0, 0.1) is 0 Å². The highest BCUT2D eigenvalue weighted by molar-refractivity contribution is 5.81. The molecule has 1 fully saturated rings. The van der Waals surface area contributed by atoms with Crippen LogP contribution < -0.4 is 15.9 Å². The van der Waals surface area contributed by atoms with Crippen molar-refractivity contribution in [2.24, 2.45) is 5.10 Å². The molecule has 0 saturated carbocycles. The van der Waals surface area contributed by atoms with Gasteiger partial charge in [-0.2, -0.15) is 5.10 Å². The molecule has 1 aliphatic rings. The van der Waals surface area contributed by atoms with Gasteiger partial charge in [0, 0.05) is 25.3 Å². The topological polar surface area (TPSA) is 62.5 Å². The van der Waals surface area contributed by atoms with Gasteiger partial charge in [0.15, 0.2) is 0 Å². The third-order valence-electron chi connectivity index (χ3n) is 5.17. The van der Waals surface area contributed by atoms with Gasteiger partial charge in [-0.1, -0.05) is 24.3 Å². The van der Waals surface area contributed by atoms with Crippen molar-refractivity contribution in [1.82, 2.24) is 9.55 Å². The molecule has 1 aliphatic heterocycles. The molecule has 2 aromatic carbocycles. The van der Waals surface area contributed by atoms with Crippen LogP contribution in [0.1, 0.15) is 31.7 Å². The highest BCUT2D eigenvalue weighted by atomic mass is 16.1. The van der Waals surface area contributed by atoms with Crippen LogP contribution in [0.3, 0.4) is 0 Å². The predicted octanol–water partition coefficient (Wildman–Crippen LogP) is 3.85. The van der Waals surface area contributed by atoms with Gasteiger partial charge in [-0.3, -0.25) is 9.36 Å². The molecule has 6 nitrogen and oxygen atoms in total. The van der Waals surface area contributed by atoms with Gasteiger partial charge >= 0.3 is 0 Å². The number of rotatable bonds is 5. The SMILES string of the molecule is CCn1c(N/N=C\c2ccc(N3CCCCC3)cc2)nc2ccccc2c1=O. The summed E-state index contributed by atoms with van der Waals surface area (Å²) in [6.45, 7) is 4.72. The molecular weight excluding hydrogens is 350 g/mol. The van der Waals surface area contributed by atoms with Gasteiger partial charge in [-0.05, 0) is 56.0 Å². The summed E-state index contributed by atoms with van der Waals surface area (Å²) in [6.07, 6.45) is 5.62. The second kappa shape index (κ2) is 8.25. The Labute approximate surface area is 164 Å². The third kappa shape index (κ3) is 3.76. The van der Waals surface area contributed by atoms with Crippen LogP contribution in [-0.2, 0) is 6.54 Å². The molecule has 2 heterocycles. The van der Waals surface area contributed by atoms with Crippen molar-refractivity contribution in [3.05, 3.63) is 64.4 Å². The van der Waals surface area contributed by atoms with E-state index in [1.807, 2.05) is 25.1 Å². The molecule has 0 spiro atoms. The Balaban J connectivity index is 1.51. The fourth-order valence-corrected chi connectivity index (χ4v) is 3.63. The minimum Gasteiger partial charge on any atom is -0.372 e. The molecule has 28 heavy (non-hydrogen) atoms. The minimum atomic E-state index is -0.0586. The van der Waals surface area contributed by atoms with E-state index in [0.717, 1.165) is 18.7 Å². The lowest BCUT2D eigenvalue weighted by Gasteiger charge is -2.28. The number of nitrogens with one attached hydrogen (secondary N) is 1. The first-order valence-corrected chi connectivity index (χ1v) is 9.90. The molecule has 0 aliphatic carbocycles. The van der Waals surface area contributed by atoms with E-state index in [1.54, 1.807) is 16.8 Å². The van der Waals surface area contributed by atoms with Crippen molar-refractivity contribution in [3.63, 3.8) is 0 Å². The number of hydrogen-bond acceptors (Lipinski definition) is 5. The Morgan fingerprint density at radius 2 is 1.82 bits per heavy atom. The van der Waals surface area contributed by atoms with Crippen LogP contribution in [0.4, 0.5) is 11.6 Å². The van der Waals surface area contributed by atoms with Gasteiger partial charge in [0.25, 0.3) is 5.56 Å². The fraction of sp³-hybridized carbons (Fsp3) is 0.318. The fourth-order valence-electron chi connectivity index (χ4n) is 3.63. The van der Waals surface area contributed by atoms with Crippen molar-refractivity contribution in [3.8, 4) is 0 Å². The van der Waals surface area contributed by atoms with Crippen LogP contribution in [0.25, 0.3) is 10.9 Å². The number of piperidine rings is 1. The molecule has 1 N–H and O–H groups in total. The average Bonchev–Trinajstić information content (AvgIpc) is 2.75. The van der Waals surface area contributed by atoms with Gasteiger partial charge in [-0.25, -0.2) is 10.4 Å². The summed E-state index contributed by atoms with van der Waals surface area (Å²) < 4.78 is 1.60. The highest BCUT2D eigenvalue weighted by Gasteiger charge is 2.10. The largest absolute Gasteiger partial charge is 0.372 e. The molecule has 0 bridgehead atoms. The quantitative estimate of drug-likeness (QED) is 0.543. The van der Waals surface area contributed by atoms with Crippen molar-refractivity contribution in [2.45, 2.75) is 32.7 Å². The Hall–Kier alpha value is -3.15. The van der Waals surface area contributed by atoms with Gasteiger partial charge < -0.3 is 4.90 Å². The summed E-state index contributed by atoms with van der Waals surface area (Å²) in [5.74, 6) is 0.451. The summed E-state index contributed by atoms with van der Waals surface area (Å²) in [5.41, 5.74) is 5.81. The average molecular weight is 375 g/mol. The number of aromatic nitrogens is 2. The first kappa shape index (κ1) is 18.2. The van der Waals surface area contributed by atoms with Gasteiger partial charge in [0.2, 0.25) is 5.95 Å². The molecule has 1 aromatic heterocycles. The number of anilines is 2. The zero-order chi connectivity index (χ0) is 19.3. The van der Waals surface area contributed by atoms with E-state index in [9.17, 15) is 4.79 Å². The lowest BCUT2D eigenvalue weighted by Crippen LogP contribution is -2.29. The number of para-hydroxylation sites is 1. The van der Waals surface area contributed by atoms with E-state index in [-0.39, 0.29) is 5.56 Å². The monoisotopic (exact) mass is 375 g/mol. The van der Waals surface area contributed by atoms with E-state index in [2.05, 4.69) is 44.7 Å². The first-order chi connectivity index (χ1) is 13.8. The maximum atomic E-state index is 12.6. The number of fused-ring (bicyclic) bond motifs is 1. The molecule has 1 saturated heterocycles. The Morgan fingerprint density at radius 1 is 1.07 bits per heavy atom. The lowest BCUT2D eigenvalue weighted by atomic mass is 10.1. The van der Waals surface area contributed by atoms with E-state index < -0.39 is 0 Å². The van der Waals surface area contributed by atoms with Crippen LogP contribution in [-0.4, -0.2) is 28.9 Å². The van der Waals surface area contributed by atoms with Gasteiger partial charge in [0.1, 0.15) is 0 Å². The number of benzene rings is 2. The lowest BCUT2D eigenvalue weighted by molar-refractivity contribution is 0.578. The summed E-state index contributed by atoms with van der Waals surface area (Å²) in [4.78, 5) is 19.6. The molecule has 0 amide bonds. The second-order valence-electron chi connectivity index (χ2n) is 7.01. The van der Waals surface area contributed by atoms with E-state index >= 15 is 0 Å². The molecule has 0 atom stereocenters. The second-order valence-corrected chi connectivity index (χ2v) is 7.01. The molecule has 0 radical (unpaired) electrons. The van der Waals surface area contributed by atoms with Crippen LogP contribution in [0.15, 0.2) is 58.4 Å².